The summed E-state index contributed by atoms with van der Waals surface area (Å²) >= 11 is 6.96. The highest BCUT2D eigenvalue weighted by Gasteiger charge is 2.52. The number of nitrogen functional groups attached to an aromatic ring is 1. The molecule has 0 spiro atoms. The highest BCUT2D eigenvalue weighted by molar-refractivity contribution is 9.11. The number of carbonyl (C=O) groups excluding carboxylic acids is 3. The summed E-state index contributed by atoms with van der Waals surface area (Å²) in [6.45, 7) is 6.70. The third-order valence-corrected chi connectivity index (χ3v) is 11.7. The maximum Gasteiger partial charge on any atom is 0.411 e. The maximum absolute atomic E-state index is 14.0. The van der Waals surface area contributed by atoms with Crippen LogP contribution in [0.25, 0.3) is 0 Å². The zero-order valence-electron chi connectivity index (χ0n) is 26.8. The third-order valence-electron chi connectivity index (χ3n) is 10.4. The van der Waals surface area contributed by atoms with Crippen molar-refractivity contribution in [1.82, 2.24) is 24.9 Å². The van der Waals surface area contributed by atoms with Crippen LogP contribution in [0.5, 0.6) is 0 Å². The Morgan fingerprint density at radius 2 is 1.74 bits per heavy atom. The second-order valence-electron chi connectivity index (χ2n) is 13.1. The number of benzene rings is 2. The fourth-order valence-electron chi connectivity index (χ4n) is 7.92. The minimum Gasteiger partial charge on any atom is -0.444 e. The van der Waals surface area contributed by atoms with Crippen LogP contribution in [0, 0.1) is 0 Å². The first-order valence-electron chi connectivity index (χ1n) is 16.8. The normalized spacial score (nSPS) is 25.0. The number of nitrogens with one attached hydrogen (secondary N) is 2. The van der Waals surface area contributed by atoms with E-state index in [0.29, 0.717) is 37.7 Å². The van der Waals surface area contributed by atoms with Gasteiger partial charge in [-0.3, -0.25) is 14.7 Å². The summed E-state index contributed by atoms with van der Waals surface area (Å²) in [6, 6.07) is 11.8. The minimum absolute atomic E-state index is 0.0608. The molecule has 2 atom stereocenters. The van der Waals surface area contributed by atoms with Crippen LogP contribution < -0.4 is 16.4 Å². The summed E-state index contributed by atoms with van der Waals surface area (Å²) in [4.78, 5) is 48.8. The molecule has 0 saturated carbocycles. The number of likely N-dealkylation sites (tertiary alicyclic amines) is 2. The molecule has 3 saturated heterocycles. The van der Waals surface area contributed by atoms with Crippen LogP contribution in [0.15, 0.2) is 45.3 Å². The van der Waals surface area contributed by atoms with E-state index in [2.05, 4.69) is 58.4 Å². The third kappa shape index (κ3) is 7.49. The highest BCUT2D eigenvalue weighted by Crippen LogP contribution is 2.40. The van der Waals surface area contributed by atoms with Crippen molar-refractivity contribution in [1.29, 1.82) is 0 Å². The molecule has 4 aliphatic rings. The number of piperidine rings is 2. The number of anilines is 2. The van der Waals surface area contributed by atoms with Gasteiger partial charge in [0.2, 0.25) is 0 Å². The van der Waals surface area contributed by atoms with E-state index >= 15 is 0 Å². The molecule has 3 amide bonds. The summed E-state index contributed by atoms with van der Waals surface area (Å²) in [5, 5.41) is 6.62. The fourth-order valence-corrected chi connectivity index (χ4v) is 9.20. The quantitative estimate of drug-likeness (QED) is 0.265. The van der Waals surface area contributed by atoms with Gasteiger partial charge in [-0.25, -0.2) is 9.59 Å². The molecule has 0 bridgehead atoms. The number of fused-ring (bicyclic) bond motifs is 1. The standard InChI is InChI=1S/C34H45Br2N7O4/c35-28-20-24(21-29(36)31(28)37)23-47-33(46)43-17-9-27(42-16-6-25-4-1-2-5-30(25)39-32(42)45)22-34(43,10-19-44)41-14-7-26(8-15-41)40-13-3-11-38-12-18-40/h1-2,4-5,19-21,26-27,38H,3,6-18,22-23,37H2,(H,39,45)/t27?,34-/m0/s1. The van der Waals surface area contributed by atoms with E-state index in [4.69, 9.17) is 10.5 Å². The fraction of sp³-hybridized carbons (Fsp3) is 0.559. The Morgan fingerprint density at radius 1 is 1.00 bits per heavy atom. The van der Waals surface area contributed by atoms with Crippen LogP contribution in [-0.2, 0) is 22.6 Å². The van der Waals surface area contributed by atoms with Crippen LogP contribution in [0.4, 0.5) is 21.0 Å². The van der Waals surface area contributed by atoms with Gasteiger partial charge >= 0.3 is 12.1 Å². The first kappa shape index (κ1) is 34.2. The van der Waals surface area contributed by atoms with Crippen LogP contribution in [0.3, 0.4) is 0 Å². The van der Waals surface area contributed by atoms with E-state index < -0.39 is 11.8 Å². The van der Waals surface area contributed by atoms with E-state index in [1.54, 1.807) is 4.90 Å². The number of nitrogens with zero attached hydrogens (tertiary/aromatic N) is 4. The van der Waals surface area contributed by atoms with Gasteiger partial charge in [-0.05, 0) is 106 Å². The highest BCUT2D eigenvalue weighted by atomic mass is 79.9. The summed E-state index contributed by atoms with van der Waals surface area (Å²) in [6.07, 6.45) is 5.48. The van der Waals surface area contributed by atoms with Crippen molar-refractivity contribution in [2.45, 2.75) is 69.3 Å². The van der Waals surface area contributed by atoms with E-state index in [-0.39, 0.29) is 25.1 Å². The molecule has 1 unspecified atom stereocenters. The number of hydrogen-bond donors (Lipinski definition) is 3. The monoisotopic (exact) mass is 773 g/mol. The molecule has 4 N–H and O–H groups in total. The van der Waals surface area contributed by atoms with E-state index in [1.165, 1.54) is 0 Å². The van der Waals surface area contributed by atoms with Gasteiger partial charge in [-0.15, -0.1) is 0 Å². The topological polar surface area (TPSA) is 123 Å². The predicted molar refractivity (Wildman–Crippen MR) is 189 cm³/mol. The lowest BCUT2D eigenvalue weighted by Gasteiger charge is -2.57. The molecule has 13 heteroatoms. The molecule has 2 aromatic carbocycles. The van der Waals surface area contributed by atoms with Crippen molar-refractivity contribution in [3.8, 4) is 0 Å². The first-order valence-corrected chi connectivity index (χ1v) is 18.3. The van der Waals surface area contributed by atoms with E-state index in [0.717, 1.165) is 97.0 Å². The second-order valence-corrected chi connectivity index (χ2v) is 14.8. The lowest BCUT2D eigenvalue weighted by Crippen LogP contribution is -2.70. The van der Waals surface area contributed by atoms with Gasteiger partial charge in [0.15, 0.2) is 0 Å². The van der Waals surface area contributed by atoms with Crippen LogP contribution >= 0.6 is 31.9 Å². The molecule has 11 nitrogen and oxygen atoms in total. The van der Waals surface area contributed by atoms with Crippen molar-refractivity contribution in [2.24, 2.45) is 0 Å². The van der Waals surface area contributed by atoms with Crippen molar-refractivity contribution < 1.29 is 19.1 Å². The maximum atomic E-state index is 14.0. The molecule has 6 rings (SSSR count). The molecule has 47 heavy (non-hydrogen) atoms. The number of hydrogen-bond acceptors (Lipinski definition) is 8. The van der Waals surface area contributed by atoms with Gasteiger partial charge < -0.3 is 30.8 Å². The van der Waals surface area contributed by atoms with E-state index in [1.807, 2.05) is 35.2 Å². The Bertz CT molecular complexity index is 1420. The summed E-state index contributed by atoms with van der Waals surface area (Å²) in [7, 11) is 0. The number of urea groups is 1. The first-order chi connectivity index (χ1) is 22.8. The number of aldehydes is 1. The number of para-hydroxylation sites is 1. The van der Waals surface area contributed by atoms with Crippen molar-refractivity contribution in [3.63, 3.8) is 0 Å². The van der Waals surface area contributed by atoms with E-state index in [9.17, 15) is 14.4 Å². The van der Waals surface area contributed by atoms with Crippen LogP contribution in [-0.4, -0.2) is 108 Å². The Balaban J connectivity index is 1.24. The molecule has 0 aliphatic carbocycles. The largest absolute Gasteiger partial charge is 0.444 e. The molecular weight excluding hydrogens is 730 g/mol. The molecule has 254 valence electrons. The lowest BCUT2D eigenvalue weighted by atomic mass is 9.84. The molecule has 0 aromatic heterocycles. The van der Waals surface area contributed by atoms with Gasteiger partial charge in [0.25, 0.3) is 0 Å². The molecule has 4 heterocycles. The number of amides is 3. The number of carbonyl (C=O) groups is 3. The van der Waals surface area contributed by atoms with Crippen LogP contribution in [0.2, 0.25) is 0 Å². The molecule has 2 aromatic rings. The van der Waals surface area contributed by atoms with Crippen molar-refractivity contribution in [2.75, 3.05) is 63.4 Å². The number of ether oxygens (including phenoxy) is 1. The lowest BCUT2D eigenvalue weighted by molar-refractivity contribution is -0.128. The van der Waals surface area contributed by atoms with Gasteiger partial charge in [-0.2, -0.15) is 0 Å². The van der Waals surface area contributed by atoms with Crippen molar-refractivity contribution in [3.05, 3.63) is 56.5 Å². The summed E-state index contributed by atoms with van der Waals surface area (Å²) in [5.41, 5.74) is 8.47. The Hall–Kier alpha value is -2.71. The smallest absolute Gasteiger partial charge is 0.411 e. The van der Waals surface area contributed by atoms with Gasteiger partial charge in [-0.1, -0.05) is 18.2 Å². The number of nitrogens with two attached hydrogens (primary N) is 1. The molecule has 3 fully saturated rings. The summed E-state index contributed by atoms with van der Waals surface area (Å²) in [5.74, 6) is 0. The van der Waals surface area contributed by atoms with Gasteiger partial charge in [0.1, 0.15) is 18.6 Å². The zero-order chi connectivity index (χ0) is 33.0. The Kier molecular flexibility index (Phi) is 11.1. The van der Waals surface area contributed by atoms with Gasteiger partial charge in [0, 0.05) is 78.8 Å². The van der Waals surface area contributed by atoms with Crippen molar-refractivity contribution >= 4 is 61.6 Å². The number of rotatable bonds is 7. The average molecular weight is 776 g/mol. The second kappa shape index (κ2) is 15.2. The average Bonchev–Trinajstić information content (AvgIpc) is 3.45. The molecular formula is C34H45Br2N7O4. The van der Waals surface area contributed by atoms with Gasteiger partial charge in [0.05, 0.1) is 5.69 Å². The molecule has 4 aliphatic heterocycles. The minimum atomic E-state index is -0.908. The van der Waals surface area contributed by atoms with Crippen LogP contribution in [0.1, 0.15) is 49.7 Å². The number of halogens is 2. The SMILES string of the molecule is Nc1c(Br)cc(COC(=O)N2CCC(N3CCc4ccccc4NC3=O)C[C@@]2(CC=O)N2CCC(N3CCCNCC3)CC2)cc1Br. The Morgan fingerprint density at radius 3 is 2.51 bits per heavy atom. The molecule has 0 radical (unpaired) electrons. The zero-order valence-corrected chi connectivity index (χ0v) is 29.9. The Labute approximate surface area is 293 Å². The predicted octanol–water partition coefficient (Wildman–Crippen LogP) is 5.03. The summed E-state index contributed by atoms with van der Waals surface area (Å²) < 4.78 is 7.39.